The summed E-state index contributed by atoms with van der Waals surface area (Å²) in [5.74, 6) is 0. The second-order valence-electron chi connectivity index (χ2n) is 7.41. The third kappa shape index (κ3) is 11.2. The number of rotatable bonds is 14. The van der Waals surface area contributed by atoms with E-state index in [-0.39, 0.29) is 12.4 Å². The van der Waals surface area contributed by atoms with Crippen LogP contribution < -0.4 is 0 Å². The van der Waals surface area contributed by atoms with Gasteiger partial charge in [-0.15, -0.1) is 12.4 Å². The fraction of sp³-hybridized carbons (Fsp3) is 0.818. The molecule has 0 aliphatic carbocycles. The Morgan fingerprint density at radius 1 is 0.792 bits per heavy atom. The molecule has 24 heavy (non-hydrogen) atoms. The first-order valence-corrected chi connectivity index (χ1v) is 10.4. The van der Waals surface area contributed by atoms with Crippen molar-refractivity contribution < 1.29 is 0 Å². The minimum Gasteiger partial charge on any atom is -0.371 e. The first kappa shape index (κ1) is 23.6. The number of allylic oxidation sites excluding steroid dienone is 2. The highest BCUT2D eigenvalue weighted by Gasteiger charge is 2.13. The van der Waals surface area contributed by atoms with Crippen LogP contribution in [0.4, 0.5) is 0 Å². The molecule has 1 heterocycles. The van der Waals surface area contributed by atoms with Gasteiger partial charge in [-0.3, -0.25) is 0 Å². The first-order valence-electron chi connectivity index (χ1n) is 10.4. The van der Waals surface area contributed by atoms with Gasteiger partial charge in [0.25, 0.3) is 0 Å². The summed E-state index contributed by atoms with van der Waals surface area (Å²) in [6.07, 6.45) is 25.3. The van der Waals surface area contributed by atoms with E-state index >= 15 is 0 Å². The standard InChI is InChI=1S/C22H41N.ClH/c1-4-5-6-7-8-9-10-11-12-13-14-15-16-19-23-20-17-18-21(2)22(23)3;/h17-18,20,22H,4-16,19H2,1-3H3;1H. The summed E-state index contributed by atoms with van der Waals surface area (Å²) in [7, 11) is 0. The Labute approximate surface area is 158 Å². The second-order valence-corrected chi connectivity index (χ2v) is 7.41. The summed E-state index contributed by atoms with van der Waals surface area (Å²) < 4.78 is 0. The Morgan fingerprint density at radius 2 is 1.25 bits per heavy atom. The van der Waals surface area contributed by atoms with E-state index in [4.69, 9.17) is 0 Å². The Bertz CT molecular complexity index is 335. The van der Waals surface area contributed by atoms with Crippen molar-refractivity contribution in [3.05, 3.63) is 23.9 Å². The van der Waals surface area contributed by atoms with Crippen LogP contribution in [-0.4, -0.2) is 17.5 Å². The van der Waals surface area contributed by atoms with E-state index in [2.05, 4.69) is 44.0 Å². The van der Waals surface area contributed by atoms with Crippen LogP contribution in [-0.2, 0) is 0 Å². The molecule has 1 rings (SSSR count). The molecular weight excluding hydrogens is 314 g/mol. The topological polar surface area (TPSA) is 3.24 Å². The lowest BCUT2D eigenvalue weighted by molar-refractivity contribution is 0.311. The van der Waals surface area contributed by atoms with E-state index in [0.29, 0.717) is 6.04 Å². The Morgan fingerprint density at radius 3 is 1.75 bits per heavy atom. The van der Waals surface area contributed by atoms with Crippen LogP contribution in [0.5, 0.6) is 0 Å². The highest BCUT2D eigenvalue weighted by Crippen LogP contribution is 2.17. The SMILES string of the molecule is CCCCCCCCCCCCCCCN1C=CC=C(C)C1C.Cl. The van der Waals surface area contributed by atoms with Crippen LogP contribution in [0.25, 0.3) is 0 Å². The summed E-state index contributed by atoms with van der Waals surface area (Å²) >= 11 is 0. The molecule has 0 radical (unpaired) electrons. The van der Waals surface area contributed by atoms with Crippen LogP contribution in [0.15, 0.2) is 23.9 Å². The summed E-state index contributed by atoms with van der Waals surface area (Å²) in [6.45, 7) is 8.07. The molecule has 2 heteroatoms. The van der Waals surface area contributed by atoms with Crippen molar-refractivity contribution in [2.75, 3.05) is 6.54 Å². The summed E-state index contributed by atoms with van der Waals surface area (Å²) in [5.41, 5.74) is 1.49. The van der Waals surface area contributed by atoms with Crippen molar-refractivity contribution in [2.45, 2.75) is 110 Å². The minimum atomic E-state index is 0. The maximum atomic E-state index is 2.49. The number of hydrogen-bond acceptors (Lipinski definition) is 1. The maximum absolute atomic E-state index is 2.49. The highest BCUT2D eigenvalue weighted by molar-refractivity contribution is 5.85. The van der Waals surface area contributed by atoms with Gasteiger partial charge in [-0.05, 0) is 32.5 Å². The molecule has 0 N–H and O–H groups in total. The van der Waals surface area contributed by atoms with Gasteiger partial charge in [0.05, 0.1) is 0 Å². The summed E-state index contributed by atoms with van der Waals surface area (Å²) in [4.78, 5) is 2.49. The zero-order valence-electron chi connectivity index (χ0n) is 16.6. The van der Waals surface area contributed by atoms with E-state index in [1.807, 2.05) is 0 Å². The first-order chi connectivity index (χ1) is 11.3. The number of unbranched alkanes of at least 4 members (excludes halogenated alkanes) is 12. The van der Waals surface area contributed by atoms with E-state index < -0.39 is 0 Å². The summed E-state index contributed by atoms with van der Waals surface area (Å²) in [6, 6.07) is 0.595. The van der Waals surface area contributed by atoms with Gasteiger partial charge >= 0.3 is 0 Å². The smallest absolute Gasteiger partial charge is 0.0468 e. The fourth-order valence-corrected chi connectivity index (χ4v) is 3.42. The molecule has 0 spiro atoms. The molecule has 0 aromatic carbocycles. The van der Waals surface area contributed by atoms with Gasteiger partial charge in [0.1, 0.15) is 0 Å². The maximum Gasteiger partial charge on any atom is 0.0468 e. The molecule has 1 aliphatic rings. The van der Waals surface area contributed by atoms with Crippen molar-refractivity contribution >= 4 is 12.4 Å². The summed E-state index contributed by atoms with van der Waals surface area (Å²) in [5, 5.41) is 0. The molecule has 0 aromatic rings. The number of halogens is 1. The zero-order chi connectivity index (χ0) is 16.8. The average Bonchev–Trinajstić information content (AvgIpc) is 2.55. The average molecular weight is 356 g/mol. The molecule has 1 nitrogen and oxygen atoms in total. The lowest BCUT2D eigenvalue weighted by Gasteiger charge is -2.30. The molecule has 1 aliphatic heterocycles. The van der Waals surface area contributed by atoms with Gasteiger partial charge in [0, 0.05) is 12.6 Å². The van der Waals surface area contributed by atoms with Gasteiger partial charge in [-0.1, -0.05) is 95.6 Å². The molecule has 0 amide bonds. The lowest BCUT2D eigenvalue weighted by Crippen LogP contribution is -2.31. The molecular formula is C22H42ClN. The van der Waals surface area contributed by atoms with Crippen molar-refractivity contribution in [3.63, 3.8) is 0 Å². The van der Waals surface area contributed by atoms with Crippen LogP contribution in [0.2, 0.25) is 0 Å². The zero-order valence-corrected chi connectivity index (χ0v) is 17.4. The van der Waals surface area contributed by atoms with Gasteiger partial charge < -0.3 is 4.90 Å². The Hall–Kier alpha value is -0.430. The molecule has 0 saturated carbocycles. The van der Waals surface area contributed by atoms with E-state index in [1.165, 1.54) is 95.6 Å². The van der Waals surface area contributed by atoms with Gasteiger partial charge in [-0.25, -0.2) is 0 Å². The van der Waals surface area contributed by atoms with Crippen LogP contribution in [0.1, 0.15) is 104 Å². The van der Waals surface area contributed by atoms with Crippen molar-refractivity contribution in [3.8, 4) is 0 Å². The number of nitrogens with zero attached hydrogens (tertiary/aromatic N) is 1. The fourth-order valence-electron chi connectivity index (χ4n) is 3.42. The molecule has 1 unspecified atom stereocenters. The van der Waals surface area contributed by atoms with Gasteiger partial charge in [-0.2, -0.15) is 0 Å². The molecule has 142 valence electrons. The molecule has 0 aromatic heterocycles. The van der Waals surface area contributed by atoms with Crippen molar-refractivity contribution in [1.29, 1.82) is 0 Å². The number of hydrogen-bond donors (Lipinski definition) is 0. The third-order valence-corrected chi connectivity index (χ3v) is 5.31. The quantitative estimate of drug-likeness (QED) is 0.289. The highest BCUT2D eigenvalue weighted by atomic mass is 35.5. The Kier molecular flexibility index (Phi) is 15.8. The monoisotopic (exact) mass is 355 g/mol. The van der Waals surface area contributed by atoms with Gasteiger partial charge in [0.15, 0.2) is 0 Å². The molecule has 0 bridgehead atoms. The lowest BCUT2D eigenvalue weighted by atomic mass is 10.0. The van der Waals surface area contributed by atoms with Gasteiger partial charge in [0.2, 0.25) is 0 Å². The van der Waals surface area contributed by atoms with E-state index in [9.17, 15) is 0 Å². The third-order valence-electron chi connectivity index (χ3n) is 5.31. The van der Waals surface area contributed by atoms with Crippen molar-refractivity contribution in [2.24, 2.45) is 0 Å². The van der Waals surface area contributed by atoms with Crippen LogP contribution in [0, 0.1) is 0 Å². The molecule has 0 saturated heterocycles. The second kappa shape index (κ2) is 16.1. The molecule has 1 atom stereocenters. The van der Waals surface area contributed by atoms with Crippen LogP contribution >= 0.6 is 12.4 Å². The van der Waals surface area contributed by atoms with E-state index in [1.54, 1.807) is 0 Å². The molecule has 0 fully saturated rings. The van der Waals surface area contributed by atoms with E-state index in [0.717, 1.165) is 0 Å². The predicted octanol–water partition coefficient (Wildman–Crippen LogP) is 7.66. The minimum absolute atomic E-state index is 0. The Balaban J connectivity index is 0.00000529. The normalized spacial score (nSPS) is 16.9. The van der Waals surface area contributed by atoms with Crippen LogP contribution in [0.3, 0.4) is 0 Å². The largest absolute Gasteiger partial charge is 0.371 e. The van der Waals surface area contributed by atoms with Crippen molar-refractivity contribution in [1.82, 2.24) is 4.90 Å². The predicted molar refractivity (Wildman–Crippen MR) is 112 cm³/mol.